The normalized spacial score (nSPS) is 11.6. The number of hydrogen-bond acceptors (Lipinski definition) is 3. The van der Waals surface area contributed by atoms with E-state index in [4.69, 9.17) is 4.74 Å². The summed E-state index contributed by atoms with van der Waals surface area (Å²) in [5.74, 6) is 0. The summed E-state index contributed by atoms with van der Waals surface area (Å²) in [6, 6.07) is 2.54. The van der Waals surface area contributed by atoms with E-state index in [0.29, 0.717) is 6.04 Å². The molecule has 0 aliphatic rings. The topological polar surface area (TPSA) is 39.1 Å². The Labute approximate surface area is 98.0 Å². The van der Waals surface area contributed by atoms with Crippen LogP contribution in [0.1, 0.15) is 33.4 Å². The summed E-state index contributed by atoms with van der Waals surface area (Å²) in [5, 5.41) is 7.80. The van der Waals surface area contributed by atoms with Crippen molar-refractivity contribution in [3.8, 4) is 0 Å². The largest absolute Gasteiger partial charge is 0.377 e. The minimum Gasteiger partial charge on any atom is -0.377 e. The van der Waals surface area contributed by atoms with Crippen LogP contribution >= 0.6 is 0 Å². The maximum absolute atomic E-state index is 5.48. The smallest absolute Gasteiger partial charge is 0.0762 e. The quantitative estimate of drug-likeness (QED) is 0.769. The summed E-state index contributed by atoms with van der Waals surface area (Å²) in [7, 11) is 0. The van der Waals surface area contributed by atoms with E-state index in [9.17, 15) is 0 Å². The molecule has 0 aliphatic heterocycles. The molecule has 4 nitrogen and oxygen atoms in total. The molecule has 0 aromatic carbocycles. The number of nitrogens with zero attached hydrogens (tertiary/aromatic N) is 2. The van der Waals surface area contributed by atoms with Gasteiger partial charge in [-0.1, -0.05) is 13.8 Å². The molecule has 0 bridgehead atoms. The van der Waals surface area contributed by atoms with Crippen LogP contribution in [0.5, 0.6) is 0 Å². The van der Waals surface area contributed by atoms with Gasteiger partial charge in [-0.2, -0.15) is 5.10 Å². The Morgan fingerprint density at radius 2 is 2.12 bits per heavy atom. The molecule has 0 aliphatic carbocycles. The van der Waals surface area contributed by atoms with Gasteiger partial charge in [-0.25, -0.2) is 0 Å². The van der Waals surface area contributed by atoms with E-state index in [2.05, 4.69) is 24.3 Å². The third-order valence-corrected chi connectivity index (χ3v) is 2.16. The van der Waals surface area contributed by atoms with E-state index in [1.807, 2.05) is 30.8 Å². The first kappa shape index (κ1) is 13.2. The van der Waals surface area contributed by atoms with Crippen molar-refractivity contribution < 1.29 is 4.74 Å². The molecule has 1 aromatic heterocycles. The van der Waals surface area contributed by atoms with Crippen molar-refractivity contribution in [2.45, 2.75) is 52.9 Å². The summed E-state index contributed by atoms with van der Waals surface area (Å²) < 4.78 is 7.41. The lowest BCUT2D eigenvalue weighted by Gasteiger charge is -2.07. The standard InChI is InChI=1S/C12H23N3O/c1-10(2)13-9-12-5-6-15(14-12)7-8-16-11(3)4/h5-6,10-11,13H,7-9H2,1-4H3. The first-order valence-corrected chi connectivity index (χ1v) is 5.95. The fourth-order valence-electron chi connectivity index (χ4n) is 1.31. The van der Waals surface area contributed by atoms with Crippen molar-refractivity contribution in [3.05, 3.63) is 18.0 Å². The Morgan fingerprint density at radius 3 is 2.75 bits per heavy atom. The lowest BCUT2D eigenvalue weighted by molar-refractivity contribution is 0.0709. The average Bonchev–Trinajstić information content (AvgIpc) is 2.62. The second-order valence-corrected chi connectivity index (χ2v) is 4.53. The van der Waals surface area contributed by atoms with Crippen LogP contribution in [0.2, 0.25) is 0 Å². The van der Waals surface area contributed by atoms with E-state index in [1.165, 1.54) is 0 Å². The van der Waals surface area contributed by atoms with Crippen molar-refractivity contribution in [2.24, 2.45) is 0 Å². The van der Waals surface area contributed by atoms with Crippen LogP contribution in [0.4, 0.5) is 0 Å². The van der Waals surface area contributed by atoms with Crippen LogP contribution in [0.15, 0.2) is 12.3 Å². The maximum atomic E-state index is 5.48. The third-order valence-electron chi connectivity index (χ3n) is 2.16. The first-order chi connectivity index (χ1) is 7.58. The van der Waals surface area contributed by atoms with Crippen molar-refractivity contribution >= 4 is 0 Å². The molecule has 4 heteroatoms. The van der Waals surface area contributed by atoms with Gasteiger partial charge in [-0.3, -0.25) is 4.68 Å². The molecule has 0 atom stereocenters. The van der Waals surface area contributed by atoms with Crippen molar-refractivity contribution in [1.82, 2.24) is 15.1 Å². The second-order valence-electron chi connectivity index (χ2n) is 4.53. The first-order valence-electron chi connectivity index (χ1n) is 5.95. The van der Waals surface area contributed by atoms with Gasteiger partial charge in [0.2, 0.25) is 0 Å². The molecule has 1 rings (SSSR count). The van der Waals surface area contributed by atoms with Crippen molar-refractivity contribution in [3.63, 3.8) is 0 Å². The van der Waals surface area contributed by atoms with Crippen molar-refractivity contribution in [2.75, 3.05) is 6.61 Å². The molecule has 0 radical (unpaired) electrons. The molecule has 0 saturated heterocycles. The molecule has 92 valence electrons. The van der Waals surface area contributed by atoms with Gasteiger partial charge in [0.25, 0.3) is 0 Å². The van der Waals surface area contributed by atoms with Crippen LogP contribution in [0.25, 0.3) is 0 Å². The third kappa shape index (κ3) is 5.28. The second kappa shape index (κ2) is 6.66. The van der Waals surface area contributed by atoms with Crippen LogP contribution in [-0.2, 0) is 17.8 Å². The Kier molecular flexibility index (Phi) is 5.49. The van der Waals surface area contributed by atoms with Gasteiger partial charge >= 0.3 is 0 Å². The predicted octanol–water partition coefficient (Wildman–Crippen LogP) is 1.81. The lowest BCUT2D eigenvalue weighted by atomic mass is 10.3. The van der Waals surface area contributed by atoms with Crippen LogP contribution in [0.3, 0.4) is 0 Å². The predicted molar refractivity (Wildman–Crippen MR) is 65.3 cm³/mol. The van der Waals surface area contributed by atoms with Gasteiger partial charge < -0.3 is 10.1 Å². The monoisotopic (exact) mass is 225 g/mol. The van der Waals surface area contributed by atoms with Gasteiger partial charge in [-0.15, -0.1) is 0 Å². The Morgan fingerprint density at radius 1 is 1.38 bits per heavy atom. The van der Waals surface area contributed by atoms with Gasteiger partial charge in [0, 0.05) is 18.8 Å². The van der Waals surface area contributed by atoms with E-state index in [-0.39, 0.29) is 6.10 Å². The van der Waals surface area contributed by atoms with E-state index >= 15 is 0 Å². The van der Waals surface area contributed by atoms with Gasteiger partial charge in [0.05, 0.1) is 24.9 Å². The Bertz CT molecular complexity index is 294. The molecule has 0 fully saturated rings. The number of hydrogen-bond donors (Lipinski definition) is 1. The molecule has 0 spiro atoms. The fourth-order valence-corrected chi connectivity index (χ4v) is 1.31. The highest BCUT2D eigenvalue weighted by Gasteiger charge is 2.00. The van der Waals surface area contributed by atoms with Gasteiger partial charge in [0.1, 0.15) is 0 Å². The van der Waals surface area contributed by atoms with E-state index < -0.39 is 0 Å². The van der Waals surface area contributed by atoms with Gasteiger partial charge in [-0.05, 0) is 19.9 Å². The lowest BCUT2D eigenvalue weighted by Crippen LogP contribution is -2.22. The van der Waals surface area contributed by atoms with E-state index in [0.717, 1.165) is 25.4 Å². The zero-order chi connectivity index (χ0) is 12.0. The fraction of sp³-hybridized carbons (Fsp3) is 0.750. The summed E-state index contributed by atoms with van der Waals surface area (Å²) in [5.41, 5.74) is 1.08. The summed E-state index contributed by atoms with van der Waals surface area (Å²) >= 11 is 0. The van der Waals surface area contributed by atoms with Crippen LogP contribution in [-0.4, -0.2) is 28.5 Å². The molecule has 16 heavy (non-hydrogen) atoms. The van der Waals surface area contributed by atoms with Crippen LogP contribution < -0.4 is 5.32 Å². The Balaban J connectivity index is 2.28. The zero-order valence-corrected chi connectivity index (χ0v) is 10.7. The molecular weight excluding hydrogens is 202 g/mol. The SMILES string of the molecule is CC(C)NCc1ccn(CCOC(C)C)n1. The minimum absolute atomic E-state index is 0.289. The van der Waals surface area contributed by atoms with Crippen molar-refractivity contribution in [1.29, 1.82) is 0 Å². The molecule has 1 N–H and O–H groups in total. The summed E-state index contributed by atoms with van der Waals surface area (Å²) in [4.78, 5) is 0. The molecule has 1 aromatic rings. The average molecular weight is 225 g/mol. The molecule has 0 unspecified atom stereocenters. The maximum Gasteiger partial charge on any atom is 0.0762 e. The van der Waals surface area contributed by atoms with E-state index in [1.54, 1.807) is 0 Å². The number of aromatic nitrogens is 2. The number of rotatable bonds is 7. The molecular formula is C12H23N3O. The highest BCUT2D eigenvalue weighted by Crippen LogP contribution is 1.97. The van der Waals surface area contributed by atoms with Gasteiger partial charge in [0.15, 0.2) is 0 Å². The molecule has 0 saturated carbocycles. The highest BCUT2D eigenvalue weighted by molar-refractivity contribution is 4.98. The number of nitrogens with one attached hydrogen (secondary N) is 1. The zero-order valence-electron chi connectivity index (χ0n) is 10.7. The number of ether oxygens (including phenoxy) is 1. The molecule has 1 heterocycles. The molecule has 0 amide bonds. The summed E-state index contributed by atoms with van der Waals surface area (Å²) in [6.45, 7) is 10.7. The highest BCUT2D eigenvalue weighted by atomic mass is 16.5. The minimum atomic E-state index is 0.289. The Hall–Kier alpha value is -0.870. The van der Waals surface area contributed by atoms with Crippen LogP contribution in [0, 0.1) is 0 Å². The summed E-state index contributed by atoms with van der Waals surface area (Å²) in [6.07, 6.45) is 2.29.